The molecule has 2 aliphatic heterocycles. The van der Waals surface area contributed by atoms with Gasteiger partial charge in [-0.1, -0.05) is 121 Å². The molecule has 2 aliphatic rings. The molecule has 8 rings (SSSR count). The maximum atomic E-state index is 13.9. The Hall–Kier alpha value is -7.57. The van der Waals surface area contributed by atoms with Crippen molar-refractivity contribution in [2.24, 2.45) is 0 Å². The highest BCUT2D eigenvalue weighted by Crippen LogP contribution is 2.33. The number of hydrogen-bond donors (Lipinski definition) is 2. The third kappa shape index (κ3) is 12.4. The van der Waals surface area contributed by atoms with Crippen LogP contribution in [0.2, 0.25) is 0 Å². The Morgan fingerprint density at radius 1 is 0.386 bits per heavy atom. The average molecular weight is 953 g/mol. The van der Waals surface area contributed by atoms with E-state index in [1.807, 2.05) is 30.3 Å². The van der Waals surface area contributed by atoms with Gasteiger partial charge in [-0.15, -0.1) is 0 Å². The van der Waals surface area contributed by atoms with E-state index in [0.29, 0.717) is 0 Å². The number of rotatable bonds is 17. The molecule has 0 aromatic heterocycles. The number of carbonyl (C=O) groups is 5. The molecule has 0 aliphatic carbocycles. The summed E-state index contributed by atoms with van der Waals surface area (Å²) in [4.78, 5) is 69.0. The third-order valence-corrected chi connectivity index (χ3v) is 11.3. The molecule has 16 nitrogen and oxygen atoms in total. The molecule has 2 saturated heterocycles. The van der Waals surface area contributed by atoms with Crippen LogP contribution in [0.1, 0.15) is 57.4 Å². The number of benzene rings is 6. The summed E-state index contributed by atoms with van der Waals surface area (Å²) in [7, 11) is 0. The van der Waals surface area contributed by atoms with Crippen LogP contribution < -0.4 is 0 Å². The van der Waals surface area contributed by atoms with Gasteiger partial charge in [-0.05, 0) is 66.2 Å². The smallest absolute Gasteiger partial charge is 0.338 e. The van der Waals surface area contributed by atoms with E-state index in [9.17, 15) is 34.2 Å². The highest BCUT2D eigenvalue weighted by atomic mass is 16.7. The summed E-state index contributed by atoms with van der Waals surface area (Å²) in [5.41, 5.74) is 1.27. The Labute approximate surface area is 402 Å². The SMILES string of the molecule is O=C(O[C@@H]1[C@@H](OC(=O)c2ccccc2)[C@H](O)O[C@H](CO[C@@H]2O[C@H](COCc3ccccc3)[C@H](O)[C@H](OC(=O)c3ccccc3)[C@H]2OC(=O)c2ccccc2)[C@@H]1OC(=O)c1ccccc1)c1ccccc1. The molecule has 6 aromatic carbocycles. The predicted octanol–water partition coefficient (Wildman–Crippen LogP) is 6.15. The third-order valence-electron chi connectivity index (χ3n) is 11.3. The first-order valence-corrected chi connectivity index (χ1v) is 22.3. The zero-order valence-corrected chi connectivity index (χ0v) is 37.3. The van der Waals surface area contributed by atoms with Gasteiger partial charge in [0.25, 0.3) is 0 Å². The number of aliphatic hydroxyl groups excluding tert-OH is 2. The molecule has 0 spiro atoms. The first kappa shape index (κ1) is 48.9. The summed E-state index contributed by atoms with van der Waals surface area (Å²) in [6.07, 6.45) is -16.9. The lowest BCUT2D eigenvalue weighted by Crippen LogP contribution is -2.64. The van der Waals surface area contributed by atoms with Crippen LogP contribution in [-0.2, 0) is 49.2 Å². The Kier molecular flexibility index (Phi) is 16.5. The molecule has 0 amide bonds. The van der Waals surface area contributed by atoms with Crippen molar-refractivity contribution in [3.8, 4) is 0 Å². The largest absolute Gasteiger partial charge is 0.452 e. The van der Waals surface area contributed by atoms with Crippen LogP contribution in [0.4, 0.5) is 0 Å². The predicted molar refractivity (Wildman–Crippen MR) is 246 cm³/mol. The Morgan fingerprint density at radius 2 is 0.743 bits per heavy atom. The maximum Gasteiger partial charge on any atom is 0.338 e. The molecule has 0 bridgehead atoms. The van der Waals surface area contributed by atoms with Crippen LogP contribution in [0.3, 0.4) is 0 Å². The molecule has 2 heterocycles. The van der Waals surface area contributed by atoms with Gasteiger partial charge in [-0.3, -0.25) is 0 Å². The van der Waals surface area contributed by atoms with E-state index in [1.165, 1.54) is 60.7 Å². The fraction of sp³-hybridized carbons (Fsp3) is 0.241. The minimum atomic E-state index is -2.04. The molecule has 360 valence electrons. The van der Waals surface area contributed by atoms with Crippen molar-refractivity contribution in [2.75, 3.05) is 13.2 Å². The van der Waals surface area contributed by atoms with Gasteiger partial charge in [0.2, 0.25) is 0 Å². The van der Waals surface area contributed by atoms with Gasteiger partial charge >= 0.3 is 29.8 Å². The second-order valence-electron chi connectivity index (χ2n) is 16.1. The van der Waals surface area contributed by atoms with E-state index >= 15 is 0 Å². The van der Waals surface area contributed by atoms with Gasteiger partial charge in [0.15, 0.2) is 43.1 Å². The van der Waals surface area contributed by atoms with Crippen molar-refractivity contribution < 1.29 is 76.8 Å². The van der Waals surface area contributed by atoms with Gasteiger partial charge in [0, 0.05) is 0 Å². The molecule has 6 aromatic rings. The monoisotopic (exact) mass is 952 g/mol. The van der Waals surface area contributed by atoms with Crippen LogP contribution in [0.15, 0.2) is 182 Å². The topological polar surface area (TPSA) is 209 Å². The van der Waals surface area contributed by atoms with Crippen LogP contribution in [0, 0.1) is 0 Å². The minimum absolute atomic E-state index is 0.0754. The van der Waals surface area contributed by atoms with Crippen LogP contribution >= 0.6 is 0 Å². The summed E-state index contributed by atoms with van der Waals surface area (Å²) < 4.78 is 54.6. The highest BCUT2D eigenvalue weighted by molar-refractivity contribution is 5.92. The summed E-state index contributed by atoms with van der Waals surface area (Å²) >= 11 is 0. The number of aliphatic hydroxyl groups is 2. The molecule has 16 heteroatoms. The summed E-state index contributed by atoms with van der Waals surface area (Å²) in [6, 6.07) is 48.5. The molecule has 0 saturated carbocycles. The zero-order valence-electron chi connectivity index (χ0n) is 37.3. The van der Waals surface area contributed by atoms with Gasteiger partial charge in [0.1, 0.15) is 18.3 Å². The lowest BCUT2D eigenvalue weighted by molar-refractivity contribution is -0.324. The van der Waals surface area contributed by atoms with E-state index in [-0.39, 0.29) is 41.0 Å². The minimum Gasteiger partial charge on any atom is -0.452 e. The van der Waals surface area contributed by atoms with Crippen molar-refractivity contribution in [1.29, 1.82) is 0 Å². The van der Waals surface area contributed by atoms with Gasteiger partial charge < -0.3 is 52.8 Å². The normalized spacial score (nSPS) is 24.0. The quantitative estimate of drug-likeness (QED) is 0.0776. The lowest BCUT2D eigenvalue weighted by Gasteiger charge is -2.45. The number of ether oxygens (including phenoxy) is 9. The van der Waals surface area contributed by atoms with Crippen molar-refractivity contribution in [1.82, 2.24) is 0 Å². The fourth-order valence-electron chi connectivity index (χ4n) is 7.74. The lowest BCUT2D eigenvalue weighted by atomic mass is 9.97. The summed E-state index contributed by atoms with van der Waals surface area (Å²) in [5.74, 6) is -4.55. The van der Waals surface area contributed by atoms with Gasteiger partial charge in [-0.25, -0.2) is 24.0 Å². The van der Waals surface area contributed by atoms with Crippen molar-refractivity contribution in [3.63, 3.8) is 0 Å². The second-order valence-corrected chi connectivity index (χ2v) is 16.1. The molecule has 10 atom stereocenters. The molecule has 2 N–H and O–H groups in total. The Balaban J connectivity index is 1.14. The van der Waals surface area contributed by atoms with Crippen molar-refractivity contribution in [3.05, 3.63) is 215 Å². The molecule has 70 heavy (non-hydrogen) atoms. The van der Waals surface area contributed by atoms with Crippen LogP contribution in [-0.4, -0.2) is 115 Å². The molecule has 0 unspecified atom stereocenters. The molecular weight excluding hydrogens is 905 g/mol. The van der Waals surface area contributed by atoms with Gasteiger partial charge in [0.05, 0.1) is 47.6 Å². The van der Waals surface area contributed by atoms with E-state index in [0.717, 1.165) is 5.56 Å². The molecule has 0 radical (unpaired) electrons. The molecule has 2 fully saturated rings. The Bertz CT molecular complexity index is 2640. The van der Waals surface area contributed by atoms with E-state index in [2.05, 4.69) is 0 Å². The van der Waals surface area contributed by atoms with Crippen LogP contribution in [0.5, 0.6) is 0 Å². The second kappa shape index (κ2) is 23.6. The fourth-order valence-corrected chi connectivity index (χ4v) is 7.74. The van der Waals surface area contributed by atoms with Gasteiger partial charge in [-0.2, -0.15) is 0 Å². The van der Waals surface area contributed by atoms with E-state index in [4.69, 9.17) is 42.6 Å². The summed E-state index contributed by atoms with van der Waals surface area (Å²) in [5, 5.41) is 23.7. The van der Waals surface area contributed by atoms with Crippen molar-refractivity contribution in [2.45, 2.75) is 68.0 Å². The van der Waals surface area contributed by atoms with E-state index in [1.54, 1.807) is 91.0 Å². The van der Waals surface area contributed by atoms with Crippen LogP contribution in [0.25, 0.3) is 0 Å². The zero-order chi connectivity index (χ0) is 48.8. The average Bonchev–Trinajstić information content (AvgIpc) is 3.40. The summed E-state index contributed by atoms with van der Waals surface area (Å²) in [6.45, 7) is -0.878. The molecular formula is C54H48O16. The standard InChI is InChI=1S/C54H48O16/c55-42-40(32-62-31-34-19-7-1-8-20-34)65-54(47(70-52(60)39-29-17-6-18-30-39)44(42)67-49(57)36-23-11-3-12-24-36)63-33-41-43(66-48(56)35-21-9-2-10-22-35)45(68-50(58)37-25-13-4-14-26-37)46(53(61)64-41)69-51(59)38-27-15-5-16-28-38/h1-30,40-47,53-55,61H,31-33H2/t40-,41-,42+,43+,44+,45+,46-,47-,53-,54-/m1/s1. The van der Waals surface area contributed by atoms with E-state index < -0.39 is 97.9 Å². The first-order valence-electron chi connectivity index (χ1n) is 22.3. The number of esters is 5. The highest BCUT2D eigenvalue weighted by Gasteiger charge is 2.55. The van der Waals surface area contributed by atoms with Crippen molar-refractivity contribution >= 4 is 29.8 Å². The number of hydrogen-bond acceptors (Lipinski definition) is 16. The number of carbonyl (C=O) groups excluding carboxylic acids is 5. The Morgan fingerprint density at radius 3 is 1.17 bits per heavy atom. The maximum absolute atomic E-state index is 13.9. The first-order chi connectivity index (χ1) is 34.1.